The van der Waals surface area contributed by atoms with Crippen LogP contribution in [-0.4, -0.2) is 19.1 Å². The van der Waals surface area contributed by atoms with E-state index in [1.54, 1.807) is 6.92 Å². The molecule has 1 aliphatic rings. The minimum Gasteiger partial charge on any atom is -0.481 e. The maximum atomic E-state index is 10.9. The van der Waals surface area contributed by atoms with Gasteiger partial charge in [0.25, 0.3) is 5.91 Å². The lowest BCUT2D eigenvalue weighted by Crippen LogP contribution is -2.30. The Morgan fingerprint density at radius 3 is 3.00 bits per heavy atom. The summed E-state index contributed by atoms with van der Waals surface area (Å²) in [6.07, 6.45) is 1.57. The molecule has 0 saturated heterocycles. The lowest BCUT2D eigenvalue weighted by Gasteiger charge is -2.13. The van der Waals surface area contributed by atoms with Crippen LogP contribution in [0.15, 0.2) is 18.2 Å². The van der Waals surface area contributed by atoms with Gasteiger partial charge in [-0.1, -0.05) is 6.07 Å². The Bertz CT molecular complexity index is 431. The average Bonchev–Trinajstić information content (AvgIpc) is 2.71. The number of ether oxygens (including phenoxy) is 1. The Morgan fingerprint density at radius 2 is 2.35 bits per heavy atom. The van der Waals surface area contributed by atoms with Gasteiger partial charge in [-0.2, -0.15) is 0 Å². The van der Waals surface area contributed by atoms with Crippen LogP contribution in [0.2, 0.25) is 0 Å². The number of carbonyl (C=O) groups excluding carboxylic acids is 1. The van der Waals surface area contributed by atoms with Crippen molar-refractivity contribution in [1.29, 1.82) is 0 Å². The Hall–Kier alpha value is -1.55. The van der Waals surface area contributed by atoms with Gasteiger partial charge < -0.3 is 15.8 Å². The fraction of sp³-hybridized carbons (Fsp3) is 0.462. The summed E-state index contributed by atoms with van der Waals surface area (Å²) in [7, 11) is 1.97. The standard InChI is InChI=1S/C13H18N2O2/c1-8(13(14)16)17-10-4-5-11-9(7-10)3-6-12(11)15-2/h4-5,7-8,12,15H,3,6H2,1-2H3,(H2,14,16). The highest BCUT2D eigenvalue weighted by Gasteiger charge is 2.21. The van der Waals surface area contributed by atoms with Crippen molar-refractivity contribution in [2.45, 2.75) is 31.9 Å². The number of rotatable bonds is 4. The molecule has 1 aromatic rings. The highest BCUT2D eigenvalue weighted by molar-refractivity contribution is 5.78. The van der Waals surface area contributed by atoms with Crippen molar-refractivity contribution >= 4 is 5.91 Å². The van der Waals surface area contributed by atoms with Crippen LogP contribution in [-0.2, 0) is 11.2 Å². The van der Waals surface area contributed by atoms with Crippen molar-refractivity contribution in [1.82, 2.24) is 5.32 Å². The van der Waals surface area contributed by atoms with Crippen LogP contribution >= 0.6 is 0 Å². The molecule has 0 aromatic heterocycles. The van der Waals surface area contributed by atoms with Crippen LogP contribution in [0.4, 0.5) is 0 Å². The molecular formula is C13H18N2O2. The maximum Gasteiger partial charge on any atom is 0.258 e. The van der Waals surface area contributed by atoms with E-state index in [4.69, 9.17) is 10.5 Å². The Morgan fingerprint density at radius 1 is 1.59 bits per heavy atom. The summed E-state index contributed by atoms with van der Waals surface area (Å²) in [6, 6.07) is 6.40. The van der Waals surface area contributed by atoms with E-state index < -0.39 is 12.0 Å². The summed E-state index contributed by atoms with van der Waals surface area (Å²) in [5.74, 6) is 0.269. The average molecular weight is 234 g/mol. The molecule has 1 aliphatic carbocycles. The lowest BCUT2D eigenvalue weighted by atomic mass is 10.1. The number of hydrogen-bond donors (Lipinski definition) is 2. The summed E-state index contributed by atoms with van der Waals surface area (Å²) in [5.41, 5.74) is 7.78. The molecule has 0 saturated carbocycles. The molecule has 2 rings (SSSR count). The van der Waals surface area contributed by atoms with E-state index in [0.717, 1.165) is 12.8 Å². The predicted molar refractivity (Wildman–Crippen MR) is 65.8 cm³/mol. The zero-order valence-electron chi connectivity index (χ0n) is 10.2. The van der Waals surface area contributed by atoms with Crippen LogP contribution in [0.5, 0.6) is 5.75 Å². The molecular weight excluding hydrogens is 216 g/mol. The number of amides is 1. The molecule has 17 heavy (non-hydrogen) atoms. The van der Waals surface area contributed by atoms with Gasteiger partial charge in [-0.05, 0) is 50.1 Å². The van der Waals surface area contributed by atoms with E-state index >= 15 is 0 Å². The topological polar surface area (TPSA) is 64.3 Å². The Balaban J connectivity index is 2.15. The van der Waals surface area contributed by atoms with Crippen molar-refractivity contribution in [3.8, 4) is 5.75 Å². The zero-order chi connectivity index (χ0) is 12.4. The first-order chi connectivity index (χ1) is 8.11. The number of aryl methyl sites for hydroxylation is 1. The van der Waals surface area contributed by atoms with Crippen molar-refractivity contribution in [3.63, 3.8) is 0 Å². The first-order valence-electron chi connectivity index (χ1n) is 5.88. The number of primary amides is 1. The summed E-state index contributed by atoms with van der Waals surface area (Å²) in [5, 5.41) is 3.28. The van der Waals surface area contributed by atoms with E-state index in [2.05, 4.69) is 11.4 Å². The van der Waals surface area contributed by atoms with Crippen molar-refractivity contribution in [2.24, 2.45) is 5.73 Å². The molecule has 0 aliphatic heterocycles. The summed E-state index contributed by atoms with van der Waals surface area (Å²) < 4.78 is 5.47. The third-order valence-corrected chi connectivity index (χ3v) is 3.25. The second-order valence-electron chi connectivity index (χ2n) is 4.40. The molecule has 4 heteroatoms. The van der Waals surface area contributed by atoms with E-state index in [1.807, 2.05) is 19.2 Å². The monoisotopic (exact) mass is 234 g/mol. The second-order valence-corrected chi connectivity index (χ2v) is 4.40. The molecule has 2 unspecified atom stereocenters. The number of hydrogen-bond acceptors (Lipinski definition) is 3. The van der Waals surface area contributed by atoms with Crippen LogP contribution in [0.3, 0.4) is 0 Å². The van der Waals surface area contributed by atoms with Gasteiger partial charge in [0.2, 0.25) is 0 Å². The first-order valence-corrected chi connectivity index (χ1v) is 5.88. The highest BCUT2D eigenvalue weighted by Crippen LogP contribution is 2.33. The minimum absolute atomic E-state index is 0.438. The fourth-order valence-electron chi connectivity index (χ4n) is 2.23. The minimum atomic E-state index is -0.588. The largest absolute Gasteiger partial charge is 0.481 e. The van der Waals surface area contributed by atoms with E-state index in [9.17, 15) is 4.79 Å². The Kier molecular flexibility index (Phi) is 3.33. The fourth-order valence-corrected chi connectivity index (χ4v) is 2.23. The highest BCUT2D eigenvalue weighted by atomic mass is 16.5. The molecule has 3 N–H and O–H groups in total. The number of benzene rings is 1. The van der Waals surface area contributed by atoms with Gasteiger partial charge in [0.05, 0.1) is 0 Å². The molecule has 0 fully saturated rings. The molecule has 1 amide bonds. The molecule has 4 nitrogen and oxygen atoms in total. The van der Waals surface area contributed by atoms with Gasteiger partial charge in [-0.25, -0.2) is 0 Å². The van der Waals surface area contributed by atoms with Gasteiger partial charge in [0.15, 0.2) is 6.10 Å². The van der Waals surface area contributed by atoms with E-state index in [-0.39, 0.29) is 0 Å². The Labute approximate surface area is 101 Å². The number of nitrogens with two attached hydrogens (primary N) is 1. The quantitative estimate of drug-likeness (QED) is 0.821. The van der Waals surface area contributed by atoms with Crippen molar-refractivity contribution < 1.29 is 9.53 Å². The van der Waals surface area contributed by atoms with Gasteiger partial charge in [-0.15, -0.1) is 0 Å². The van der Waals surface area contributed by atoms with Crippen LogP contribution in [0.25, 0.3) is 0 Å². The number of nitrogens with one attached hydrogen (secondary N) is 1. The van der Waals surface area contributed by atoms with Gasteiger partial charge >= 0.3 is 0 Å². The van der Waals surface area contributed by atoms with Crippen molar-refractivity contribution in [2.75, 3.05) is 7.05 Å². The van der Waals surface area contributed by atoms with Gasteiger partial charge in [0.1, 0.15) is 5.75 Å². The third kappa shape index (κ3) is 2.42. The molecule has 0 heterocycles. The molecule has 92 valence electrons. The normalized spacial score (nSPS) is 19.8. The van der Waals surface area contributed by atoms with Gasteiger partial charge in [-0.3, -0.25) is 4.79 Å². The predicted octanol–water partition coefficient (Wildman–Crippen LogP) is 1.15. The third-order valence-electron chi connectivity index (χ3n) is 3.25. The number of carbonyl (C=O) groups is 1. The summed E-state index contributed by atoms with van der Waals surface area (Å²) >= 11 is 0. The lowest BCUT2D eigenvalue weighted by molar-refractivity contribution is -0.123. The summed E-state index contributed by atoms with van der Waals surface area (Å²) in [6.45, 7) is 1.66. The SMILES string of the molecule is CNC1CCc2cc(OC(C)C(N)=O)ccc21. The number of fused-ring (bicyclic) bond motifs is 1. The van der Waals surface area contributed by atoms with Crippen LogP contribution < -0.4 is 15.8 Å². The molecule has 0 radical (unpaired) electrons. The zero-order valence-corrected chi connectivity index (χ0v) is 10.2. The van der Waals surface area contributed by atoms with Crippen LogP contribution in [0.1, 0.15) is 30.5 Å². The first kappa shape index (κ1) is 11.9. The molecule has 0 bridgehead atoms. The molecule has 1 aromatic carbocycles. The second kappa shape index (κ2) is 4.75. The summed E-state index contributed by atoms with van der Waals surface area (Å²) in [4.78, 5) is 10.9. The van der Waals surface area contributed by atoms with Crippen LogP contribution in [0, 0.1) is 0 Å². The van der Waals surface area contributed by atoms with E-state index in [0.29, 0.717) is 11.8 Å². The molecule has 2 atom stereocenters. The van der Waals surface area contributed by atoms with Crippen molar-refractivity contribution in [3.05, 3.63) is 29.3 Å². The van der Waals surface area contributed by atoms with Gasteiger partial charge in [0, 0.05) is 6.04 Å². The van der Waals surface area contributed by atoms with E-state index in [1.165, 1.54) is 11.1 Å². The maximum absolute atomic E-state index is 10.9. The smallest absolute Gasteiger partial charge is 0.258 e. The molecule has 0 spiro atoms.